The fraction of sp³-hybridized carbons (Fsp3) is 0.129. The number of benzene rings is 2. The molecule has 9 heteroatoms. The Kier molecular flexibility index (Phi) is 7.25. The number of aromatic nitrogens is 6. The van der Waals surface area contributed by atoms with E-state index in [1.807, 2.05) is 43.0 Å². The molecular formula is C31H28N8O. The third kappa shape index (κ3) is 5.11. The maximum absolute atomic E-state index is 10.9. The van der Waals surface area contributed by atoms with Crippen LogP contribution in [0, 0.1) is 18.8 Å². The van der Waals surface area contributed by atoms with Crippen molar-refractivity contribution < 1.29 is 4.79 Å². The molecule has 0 aliphatic rings. The molecule has 198 valence electrons. The Morgan fingerprint density at radius 3 is 2.50 bits per heavy atom. The molecule has 0 bridgehead atoms. The monoisotopic (exact) mass is 528 g/mol. The van der Waals surface area contributed by atoms with Gasteiger partial charge in [-0.25, -0.2) is 14.5 Å². The Morgan fingerprint density at radius 2 is 1.80 bits per heavy atom. The van der Waals surface area contributed by atoms with Crippen LogP contribution in [0.2, 0.25) is 0 Å². The van der Waals surface area contributed by atoms with Gasteiger partial charge in [-0.15, -0.1) is 5.10 Å². The van der Waals surface area contributed by atoms with Crippen molar-refractivity contribution in [3.63, 3.8) is 0 Å². The van der Waals surface area contributed by atoms with Crippen LogP contribution in [0.1, 0.15) is 39.7 Å². The van der Waals surface area contributed by atoms with Gasteiger partial charge in [0.15, 0.2) is 11.5 Å². The Morgan fingerprint density at radius 1 is 1.02 bits per heavy atom. The Hall–Kier alpha value is -5.49. The molecule has 6 rings (SSSR count). The Balaban J connectivity index is 0.000000207. The summed E-state index contributed by atoms with van der Waals surface area (Å²) in [5.74, 6) is 6.05. The summed E-state index contributed by atoms with van der Waals surface area (Å²) in [5.41, 5.74) is 18.5. The predicted molar refractivity (Wildman–Crippen MR) is 156 cm³/mol. The van der Waals surface area contributed by atoms with Crippen molar-refractivity contribution in [2.24, 2.45) is 12.8 Å². The summed E-state index contributed by atoms with van der Waals surface area (Å²) >= 11 is 0. The molecule has 4 heterocycles. The van der Waals surface area contributed by atoms with Gasteiger partial charge in [0, 0.05) is 30.4 Å². The van der Waals surface area contributed by atoms with Gasteiger partial charge in [0.2, 0.25) is 0 Å². The summed E-state index contributed by atoms with van der Waals surface area (Å²) in [7, 11) is 1.93. The zero-order valence-corrected chi connectivity index (χ0v) is 22.5. The van der Waals surface area contributed by atoms with Crippen molar-refractivity contribution in [3.05, 3.63) is 107 Å². The van der Waals surface area contributed by atoms with Gasteiger partial charge in [-0.3, -0.25) is 9.48 Å². The van der Waals surface area contributed by atoms with Crippen molar-refractivity contribution in [2.75, 3.05) is 5.73 Å². The molecule has 9 nitrogen and oxygen atoms in total. The van der Waals surface area contributed by atoms with Crippen molar-refractivity contribution in [1.82, 2.24) is 29.4 Å². The number of nitrogens with zero attached hydrogens (tertiary/aromatic N) is 6. The first kappa shape index (κ1) is 26.1. The number of rotatable bonds is 3. The van der Waals surface area contributed by atoms with Gasteiger partial charge < -0.3 is 11.5 Å². The summed E-state index contributed by atoms with van der Waals surface area (Å²) in [6.07, 6.45) is 5.94. The number of anilines is 1. The van der Waals surface area contributed by atoms with Crippen LogP contribution in [0.15, 0.2) is 79.3 Å². The van der Waals surface area contributed by atoms with Crippen LogP contribution in [0.3, 0.4) is 0 Å². The molecule has 4 aromatic heterocycles. The largest absolute Gasteiger partial charge is 0.381 e. The number of para-hydroxylation sites is 1. The summed E-state index contributed by atoms with van der Waals surface area (Å²) in [6, 6.07) is 20.5. The number of amides is 1. The van der Waals surface area contributed by atoms with Gasteiger partial charge >= 0.3 is 0 Å². The molecule has 0 fully saturated rings. The van der Waals surface area contributed by atoms with Crippen LogP contribution in [-0.4, -0.2) is 35.3 Å². The zero-order chi connectivity index (χ0) is 28.2. The fourth-order valence-electron chi connectivity index (χ4n) is 4.35. The van der Waals surface area contributed by atoms with Crippen LogP contribution in [0.25, 0.3) is 27.8 Å². The van der Waals surface area contributed by atoms with E-state index in [-0.39, 0.29) is 11.4 Å². The minimum Gasteiger partial charge on any atom is -0.381 e. The van der Waals surface area contributed by atoms with E-state index in [0.717, 1.165) is 45.4 Å². The lowest BCUT2D eigenvalue weighted by Crippen LogP contribution is -2.12. The first-order chi connectivity index (χ1) is 19.4. The zero-order valence-electron chi connectivity index (χ0n) is 22.5. The number of carbonyl (C=O) groups excluding carboxylic acids is 1. The third-order valence-electron chi connectivity index (χ3n) is 6.59. The molecular weight excluding hydrogens is 500 g/mol. The Bertz CT molecular complexity index is 1910. The van der Waals surface area contributed by atoms with E-state index in [1.54, 1.807) is 18.5 Å². The van der Waals surface area contributed by atoms with Crippen LogP contribution in [-0.2, 0) is 13.5 Å². The summed E-state index contributed by atoms with van der Waals surface area (Å²) in [4.78, 5) is 19.9. The normalized spacial score (nSPS) is 10.6. The summed E-state index contributed by atoms with van der Waals surface area (Å²) in [6.45, 7) is 4.20. The fourth-order valence-corrected chi connectivity index (χ4v) is 4.35. The maximum Gasteiger partial charge on any atom is 0.256 e. The second-order valence-electron chi connectivity index (χ2n) is 9.12. The number of hydrogen-bond donors (Lipinski definition) is 2. The number of nitrogen functional groups attached to an aromatic ring is 1. The van der Waals surface area contributed by atoms with E-state index in [4.69, 9.17) is 16.5 Å². The highest BCUT2D eigenvalue weighted by Crippen LogP contribution is 2.27. The molecule has 0 aliphatic carbocycles. The van der Waals surface area contributed by atoms with Gasteiger partial charge in [0.25, 0.3) is 5.91 Å². The maximum atomic E-state index is 10.9. The molecule has 0 aliphatic heterocycles. The molecule has 0 spiro atoms. The van der Waals surface area contributed by atoms with E-state index < -0.39 is 5.91 Å². The number of nitrogens with two attached hydrogens (primary N) is 2. The number of primary amides is 1. The third-order valence-corrected chi connectivity index (χ3v) is 6.59. The van der Waals surface area contributed by atoms with Gasteiger partial charge in [-0.05, 0) is 37.1 Å². The van der Waals surface area contributed by atoms with E-state index in [1.165, 1.54) is 10.1 Å². The second kappa shape index (κ2) is 11.1. The number of fused-ring (bicyclic) bond motifs is 2. The molecule has 1 amide bonds. The van der Waals surface area contributed by atoms with E-state index >= 15 is 0 Å². The quantitative estimate of drug-likeness (QED) is 0.329. The summed E-state index contributed by atoms with van der Waals surface area (Å²) in [5, 5.41) is 9.26. The smallest absolute Gasteiger partial charge is 0.256 e. The molecule has 2 aromatic carbocycles. The molecule has 40 heavy (non-hydrogen) atoms. The standard InChI is InChI=1S/C24H21N3.C7H7N5O/c1-4-18-15-21-12-8-11-20(13-14-22-16-25-27(3)17(22)2)24(21)26-23(18)19-9-6-5-7-10-19;8-5-4(6(9)13)7-10-2-1-3-12(7)11-5/h5-12,15-16H,4H2,1-3H3;1-3H,(H2,8,11)(H2,9,13). The average molecular weight is 529 g/mol. The van der Waals surface area contributed by atoms with E-state index in [9.17, 15) is 4.79 Å². The van der Waals surface area contributed by atoms with Gasteiger partial charge in [0.1, 0.15) is 5.56 Å². The van der Waals surface area contributed by atoms with Gasteiger partial charge in [0.05, 0.1) is 34.2 Å². The van der Waals surface area contributed by atoms with Crippen LogP contribution in [0.4, 0.5) is 5.82 Å². The lowest BCUT2D eigenvalue weighted by Gasteiger charge is -2.10. The van der Waals surface area contributed by atoms with Gasteiger partial charge in [-0.1, -0.05) is 61.2 Å². The number of pyridine rings is 1. The second-order valence-corrected chi connectivity index (χ2v) is 9.12. The first-order valence-corrected chi connectivity index (χ1v) is 12.7. The Labute approximate surface area is 231 Å². The highest BCUT2D eigenvalue weighted by Gasteiger charge is 2.15. The first-order valence-electron chi connectivity index (χ1n) is 12.7. The van der Waals surface area contributed by atoms with Crippen molar-refractivity contribution in [2.45, 2.75) is 20.3 Å². The van der Waals surface area contributed by atoms with Crippen molar-refractivity contribution >= 4 is 28.3 Å². The number of aryl methyl sites for hydroxylation is 2. The molecule has 4 N–H and O–H groups in total. The minimum absolute atomic E-state index is 0.103. The number of carbonyl (C=O) groups is 1. The average Bonchev–Trinajstić information content (AvgIpc) is 3.49. The van der Waals surface area contributed by atoms with Crippen LogP contribution in [0.5, 0.6) is 0 Å². The highest BCUT2D eigenvalue weighted by atomic mass is 16.1. The molecule has 0 radical (unpaired) electrons. The molecule has 0 atom stereocenters. The molecule has 6 aromatic rings. The molecule has 0 unspecified atom stereocenters. The van der Waals surface area contributed by atoms with Crippen molar-refractivity contribution in [1.29, 1.82) is 0 Å². The van der Waals surface area contributed by atoms with Crippen LogP contribution < -0.4 is 11.5 Å². The lowest BCUT2D eigenvalue weighted by molar-refractivity contribution is 0.100. The summed E-state index contributed by atoms with van der Waals surface area (Å²) < 4.78 is 3.25. The van der Waals surface area contributed by atoms with Crippen LogP contribution >= 0.6 is 0 Å². The minimum atomic E-state index is -0.619. The van der Waals surface area contributed by atoms with Gasteiger partial charge in [-0.2, -0.15) is 5.10 Å². The predicted octanol–water partition coefficient (Wildman–Crippen LogP) is 4.32. The van der Waals surface area contributed by atoms with Crippen molar-refractivity contribution in [3.8, 4) is 23.1 Å². The highest BCUT2D eigenvalue weighted by molar-refractivity contribution is 6.03. The number of hydrogen-bond acceptors (Lipinski definition) is 6. The SMILES string of the molecule is CCc1cc2cccc(C#Cc3cnn(C)c3C)c2nc1-c1ccccc1.NC(=O)c1c(N)nn2cccnc12. The lowest BCUT2D eigenvalue weighted by atomic mass is 10.00. The molecule has 0 saturated heterocycles. The topological polar surface area (TPSA) is 130 Å². The molecule has 0 saturated carbocycles. The van der Waals surface area contributed by atoms with E-state index in [2.05, 4.69) is 70.3 Å². The van der Waals surface area contributed by atoms with E-state index in [0.29, 0.717) is 5.65 Å².